The van der Waals surface area contributed by atoms with Crippen LogP contribution in [0.2, 0.25) is 0 Å². The number of halogens is 1. The van der Waals surface area contributed by atoms with E-state index in [2.05, 4.69) is 28.2 Å². The molecule has 0 aromatic heterocycles. The molecule has 1 N–H and O–H groups in total. The van der Waals surface area contributed by atoms with Gasteiger partial charge >= 0.3 is 0 Å². The Morgan fingerprint density at radius 1 is 1.29 bits per heavy atom. The van der Waals surface area contributed by atoms with Gasteiger partial charge in [0.25, 0.3) is 0 Å². The number of rotatable bonds is 10. The van der Waals surface area contributed by atoms with Crippen molar-refractivity contribution in [2.75, 3.05) is 24.7 Å². The van der Waals surface area contributed by atoms with Crippen molar-refractivity contribution in [3.63, 3.8) is 0 Å². The molecule has 21 heavy (non-hydrogen) atoms. The van der Waals surface area contributed by atoms with Crippen molar-refractivity contribution in [2.45, 2.75) is 33.2 Å². The molecule has 0 saturated heterocycles. The molecule has 0 unspecified atom stereocenters. The minimum Gasteiger partial charge on any atom is -0.492 e. The third kappa shape index (κ3) is 6.80. The summed E-state index contributed by atoms with van der Waals surface area (Å²) in [6.07, 6.45) is 1.60. The molecule has 4 nitrogen and oxygen atoms in total. The molecule has 0 saturated carbocycles. The smallest absolute Gasteiger partial charge is 0.150 e. The van der Waals surface area contributed by atoms with E-state index in [0.717, 1.165) is 35.3 Å². The summed E-state index contributed by atoms with van der Waals surface area (Å²) >= 11 is 3.49. The second kappa shape index (κ2) is 9.43. The van der Waals surface area contributed by atoms with E-state index in [1.807, 2.05) is 18.2 Å². The lowest BCUT2D eigenvalue weighted by atomic mass is 10.2. The highest BCUT2D eigenvalue weighted by Gasteiger charge is 2.10. The summed E-state index contributed by atoms with van der Waals surface area (Å²) in [6, 6.07) is 5.93. The molecule has 0 bridgehead atoms. The quantitative estimate of drug-likeness (QED) is 0.636. The highest BCUT2D eigenvalue weighted by atomic mass is 79.9. The monoisotopic (exact) mass is 377 g/mol. The molecule has 0 heterocycles. The van der Waals surface area contributed by atoms with Crippen LogP contribution >= 0.6 is 15.9 Å². The van der Waals surface area contributed by atoms with Gasteiger partial charge in [-0.1, -0.05) is 26.0 Å². The molecule has 0 spiro atoms. The molecular formula is C15H24BrNO3S. The molecular weight excluding hydrogens is 354 g/mol. The molecule has 0 radical (unpaired) electrons. The predicted molar refractivity (Wildman–Crippen MR) is 90.6 cm³/mol. The van der Waals surface area contributed by atoms with E-state index in [1.165, 1.54) is 0 Å². The van der Waals surface area contributed by atoms with Crippen LogP contribution < -0.4 is 10.1 Å². The average molecular weight is 378 g/mol. The normalized spacial score (nSPS) is 11.6. The van der Waals surface area contributed by atoms with Crippen LogP contribution in [-0.4, -0.2) is 33.1 Å². The Balaban J connectivity index is 2.57. The Kier molecular flexibility index (Phi) is 8.29. The topological polar surface area (TPSA) is 55.4 Å². The van der Waals surface area contributed by atoms with Crippen molar-refractivity contribution < 1.29 is 13.2 Å². The summed E-state index contributed by atoms with van der Waals surface area (Å²) in [5.41, 5.74) is 1.08. The van der Waals surface area contributed by atoms with Crippen molar-refractivity contribution in [1.82, 2.24) is 5.32 Å². The number of sulfone groups is 1. The van der Waals surface area contributed by atoms with Gasteiger partial charge in [0.2, 0.25) is 0 Å². The first kappa shape index (κ1) is 18.5. The van der Waals surface area contributed by atoms with Crippen LogP contribution in [0, 0.1) is 0 Å². The van der Waals surface area contributed by atoms with Crippen molar-refractivity contribution in [2.24, 2.45) is 0 Å². The van der Waals surface area contributed by atoms with E-state index in [0.29, 0.717) is 13.0 Å². The molecule has 1 rings (SSSR count). The minimum atomic E-state index is -2.92. The van der Waals surface area contributed by atoms with Gasteiger partial charge in [-0.25, -0.2) is 8.42 Å². The maximum Gasteiger partial charge on any atom is 0.150 e. The second-order valence-electron chi connectivity index (χ2n) is 4.84. The van der Waals surface area contributed by atoms with Crippen LogP contribution in [0.25, 0.3) is 0 Å². The van der Waals surface area contributed by atoms with Gasteiger partial charge in [-0.3, -0.25) is 0 Å². The summed E-state index contributed by atoms with van der Waals surface area (Å²) in [7, 11) is -2.92. The Morgan fingerprint density at radius 3 is 2.71 bits per heavy atom. The summed E-state index contributed by atoms with van der Waals surface area (Å²) in [5.74, 6) is 1.17. The predicted octanol–water partition coefficient (Wildman–Crippen LogP) is 3.15. The van der Waals surface area contributed by atoms with E-state index in [-0.39, 0.29) is 11.5 Å². The first-order valence-corrected chi connectivity index (χ1v) is 9.93. The number of para-hydroxylation sites is 1. The Morgan fingerprint density at radius 2 is 2.05 bits per heavy atom. The molecule has 0 fully saturated rings. The standard InChI is InChI=1S/C15H24BrNO3S/c1-3-9-17-12-13-7-5-8-14(16)15(13)20-10-6-11-21(18,19)4-2/h5,7-8,17H,3-4,6,9-12H2,1-2H3. The van der Waals surface area contributed by atoms with Crippen LogP contribution in [0.1, 0.15) is 32.3 Å². The first-order chi connectivity index (χ1) is 10.00. The number of benzene rings is 1. The zero-order valence-corrected chi connectivity index (χ0v) is 15.1. The first-order valence-electron chi connectivity index (χ1n) is 7.31. The fourth-order valence-corrected chi connectivity index (χ4v) is 3.22. The molecule has 6 heteroatoms. The van der Waals surface area contributed by atoms with Gasteiger partial charge in [0.15, 0.2) is 0 Å². The van der Waals surface area contributed by atoms with Gasteiger partial charge in [0.05, 0.1) is 16.8 Å². The maximum atomic E-state index is 11.4. The Hall–Kier alpha value is -0.590. The lowest BCUT2D eigenvalue weighted by Crippen LogP contribution is -2.16. The van der Waals surface area contributed by atoms with Gasteiger partial charge in [-0.15, -0.1) is 0 Å². The molecule has 1 aromatic carbocycles. The highest BCUT2D eigenvalue weighted by Crippen LogP contribution is 2.29. The third-order valence-electron chi connectivity index (χ3n) is 3.08. The molecule has 1 aromatic rings. The molecule has 0 atom stereocenters. The third-order valence-corrected chi connectivity index (χ3v) is 5.49. The number of hydrogen-bond acceptors (Lipinski definition) is 4. The van der Waals surface area contributed by atoms with Crippen LogP contribution in [-0.2, 0) is 16.4 Å². The summed E-state index contributed by atoms with van der Waals surface area (Å²) in [4.78, 5) is 0. The van der Waals surface area contributed by atoms with Gasteiger partial charge < -0.3 is 10.1 Å². The fourth-order valence-electron chi connectivity index (χ4n) is 1.85. The summed E-state index contributed by atoms with van der Waals surface area (Å²) in [5, 5.41) is 3.35. The van der Waals surface area contributed by atoms with Crippen molar-refractivity contribution in [3.05, 3.63) is 28.2 Å². The van der Waals surface area contributed by atoms with Gasteiger partial charge in [0, 0.05) is 17.9 Å². The molecule has 0 aliphatic heterocycles. The van der Waals surface area contributed by atoms with E-state index < -0.39 is 9.84 Å². The van der Waals surface area contributed by atoms with Gasteiger partial charge in [-0.05, 0) is 41.4 Å². The minimum absolute atomic E-state index is 0.178. The second-order valence-corrected chi connectivity index (χ2v) is 8.17. The lowest BCUT2D eigenvalue weighted by molar-refractivity contribution is 0.311. The molecule has 0 aliphatic carbocycles. The van der Waals surface area contributed by atoms with Crippen LogP contribution in [0.3, 0.4) is 0 Å². The summed E-state index contributed by atoms with van der Waals surface area (Å²) < 4.78 is 29.6. The van der Waals surface area contributed by atoms with E-state index in [9.17, 15) is 8.42 Å². The average Bonchev–Trinajstić information content (AvgIpc) is 2.46. The zero-order valence-electron chi connectivity index (χ0n) is 12.7. The van der Waals surface area contributed by atoms with Crippen molar-refractivity contribution in [3.8, 4) is 5.75 Å². The van der Waals surface area contributed by atoms with Gasteiger partial charge in [0.1, 0.15) is 15.6 Å². The Labute approximate surface area is 136 Å². The van der Waals surface area contributed by atoms with Crippen LogP contribution in [0.15, 0.2) is 22.7 Å². The largest absolute Gasteiger partial charge is 0.492 e. The number of ether oxygens (including phenoxy) is 1. The number of nitrogens with one attached hydrogen (secondary N) is 1. The van der Waals surface area contributed by atoms with Crippen LogP contribution in [0.4, 0.5) is 0 Å². The fraction of sp³-hybridized carbons (Fsp3) is 0.600. The van der Waals surface area contributed by atoms with Gasteiger partial charge in [-0.2, -0.15) is 0 Å². The number of hydrogen-bond donors (Lipinski definition) is 1. The van der Waals surface area contributed by atoms with E-state index in [1.54, 1.807) is 6.92 Å². The lowest BCUT2D eigenvalue weighted by Gasteiger charge is -2.14. The zero-order chi connectivity index (χ0) is 15.7. The maximum absolute atomic E-state index is 11.4. The molecule has 0 aliphatic rings. The highest BCUT2D eigenvalue weighted by molar-refractivity contribution is 9.10. The van der Waals surface area contributed by atoms with Crippen molar-refractivity contribution in [1.29, 1.82) is 0 Å². The van der Waals surface area contributed by atoms with E-state index >= 15 is 0 Å². The summed E-state index contributed by atoms with van der Waals surface area (Å²) in [6.45, 7) is 5.90. The van der Waals surface area contributed by atoms with E-state index in [4.69, 9.17) is 4.74 Å². The SMILES string of the molecule is CCCNCc1cccc(Br)c1OCCCS(=O)(=O)CC. The molecule has 0 amide bonds. The Bertz CT molecular complexity index is 532. The van der Waals surface area contributed by atoms with Crippen LogP contribution in [0.5, 0.6) is 5.75 Å². The molecule has 120 valence electrons. The van der Waals surface area contributed by atoms with Crippen molar-refractivity contribution >= 4 is 25.8 Å².